The van der Waals surface area contributed by atoms with E-state index in [-0.39, 0.29) is 0 Å². The van der Waals surface area contributed by atoms with Gasteiger partial charge in [-0.2, -0.15) is 0 Å². The van der Waals surface area contributed by atoms with Crippen LogP contribution >= 0.6 is 0 Å². The summed E-state index contributed by atoms with van der Waals surface area (Å²) in [6.45, 7) is 4.11. The summed E-state index contributed by atoms with van der Waals surface area (Å²) in [4.78, 5) is 10.4. The Kier molecular flexibility index (Phi) is 0.911. The average Bonchev–Trinajstić information content (AvgIpc) is 1.68. The standard InChI is InChI=1S/C6H10O/c1-4-3-6(7)5(4)2/h4-5H,3H2,1-2H3/t4-,5-/m0/s1. The van der Waals surface area contributed by atoms with Gasteiger partial charge >= 0.3 is 0 Å². The first-order chi connectivity index (χ1) is 3.22. The fraction of sp³-hybridized carbons (Fsp3) is 0.833. The number of carbonyl (C=O) groups excluding carboxylic acids is 1. The van der Waals surface area contributed by atoms with Crippen LogP contribution in [0.1, 0.15) is 20.3 Å². The molecular weight excluding hydrogens is 88.1 g/mol. The van der Waals surface area contributed by atoms with E-state index in [0.29, 0.717) is 17.6 Å². The average molecular weight is 98.1 g/mol. The predicted molar refractivity (Wildman–Crippen MR) is 28.0 cm³/mol. The molecule has 1 heteroatoms. The van der Waals surface area contributed by atoms with Gasteiger partial charge in [0.05, 0.1) is 0 Å². The molecule has 40 valence electrons. The monoisotopic (exact) mass is 98.1 g/mol. The molecule has 1 aliphatic carbocycles. The second-order valence-electron chi connectivity index (χ2n) is 2.44. The predicted octanol–water partition coefficient (Wildman–Crippen LogP) is 1.23. The van der Waals surface area contributed by atoms with Crippen molar-refractivity contribution >= 4 is 5.78 Å². The summed E-state index contributed by atoms with van der Waals surface area (Å²) in [5.74, 6) is 1.46. The number of Topliss-reactive ketones (excluding diaryl/α,β-unsaturated/α-hetero) is 1. The maximum atomic E-state index is 10.4. The van der Waals surface area contributed by atoms with E-state index in [1.807, 2.05) is 6.92 Å². The highest BCUT2D eigenvalue weighted by Gasteiger charge is 2.31. The smallest absolute Gasteiger partial charge is 0.136 e. The molecule has 0 saturated heterocycles. The second kappa shape index (κ2) is 1.32. The van der Waals surface area contributed by atoms with Gasteiger partial charge in [-0.25, -0.2) is 0 Å². The zero-order chi connectivity index (χ0) is 5.44. The molecule has 1 aliphatic rings. The Bertz CT molecular complexity index is 96.4. The van der Waals surface area contributed by atoms with Crippen molar-refractivity contribution in [2.75, 3.05) is 0 Å². The molecule has 0 aromatic carbocycles. The van der Waals surface area contributed by atoms with Gasteiger partial charge in [-0.3, -0.25) is 4.79 Å². The normalized spacial score (nSPS) is 40.6. The Hall–Kier alpha value is -0.330. The van der Waals surface area contributed by atoms with Gasteiger partial charge in [0.25, 0.3) is 0 Å². The van der Waals surface area contributed by atoms with E-state index in [0.717, 1.165) is 6.42 Å². The van der Waals surface area contributed by atoms with Crippen LogP contribution in [-0.2, 0) is 4.79 Å². The Labute approximate surface area is 43.7 Å². The van der Waals surface area contributed by atoms with Crippen molar-refractivity contribution in [3.8, 4) is 0 Å². The Morgan fingerprint density at radius 3 is 2.14 bits per heavy atom. The minimum Gasteiger partial charge on any atom is -0.299 e. The first-order valence-electron chi connectivity index (χ1n) is 2.74. The molecule has 0 spiro atoms. The quantitative estimate of drug-likeness (QED) is 0.445. The van der Waals surface area contributed by atoms with E-state index in [2.05, 4.69) is 6.92 Å². The molecule has 2 atom stereocenters. The van der Waals surface area contributed by atoms with Gasteiger partial charge in [-0.05, 0) is 5.92 Å². The highest BCUT2D eigenvalue weighted by atomic mass is 16.1. The van der Waals surface area contributed by atoms with E-state index in [4.69, 9.17) is 0 Å². The first kappa shape index (κ1) is 4.82. The molecule has 0 bridgehead atoms. The highest BCUT2D eigenvalue weighted by molar-refractivity contribution is 5.86. The number of hydrogen-bond acceptors (Lipinski definition) is 1. The van der Waals surface area contributed by atoms with Gasteiger partial charge in [0.1, 0.15) is 5.78 Å². The minimum absolute atomic E-state index is 0.361. The van der Waals surface area contributed by atoms with Crippen molar-refractivity contribution in [3.05, 3.63) is 0 Å². The lowest BCUT2D eigenvalue weighted by molar-refractivity contribution is -0.132. The van der Waals surface area contributed by atoms with E-state index in [9.17, 15) is 4.79 Å². The molecule has 0 N–H and O–H groups in total. The fourth-order valence-electron chi connectivity index (χ4n) is 0.837. The molecule has 0 aromatic rings. The van der Waals surface area contributed by atoms with E-state index >= 15 is 0 Å². The molecule has 0 aromatic heterocycles. The molecule has 1 saturated carbocycles. The number of rotatable bonds is 0. The molecule has 7 heavy (non-hydrogen) atoms. The largest absolute Gasteiger partial charge is 0.299 e. The zero-order valence-corrected chi connectivity index (χ0v) is 4.77. The van der Waals surface area contributed by atoms with Gasteiger partial charge in [-0.15, -0.1) is 0 Å². The minimum atomic E-state index is 0.361. The maximum absolute atomic E-state index is 10.4. The summed E-state index contributed by atoms with van der Waals surface area (Å²) in [5, 5.41) is 0. The molecule has 0 radical (unpaired) electrons. The fourth-order valence-corrected chi connectivity index (χ4v) is 0.837. The highest BCUT2D eigenvalue weighted by Crippen LogP contribution is 2.28. The van der Waals surface area contributed by atoms with Crippen LogP contribution in [0.5, 0.6) is 0 Å². The molecule has 0 heterocycles. The molecular formula is C6H10O. The first-order valence-corrected chi connectivity index (χ1v) is 2.74. The summed E-state index contributed by atoms with van der Waals surface area (Å²) in [7, 11) is 0. The van der Waals surface area contributed by atoms with Crippen molar-refractivity contribution in [3.63, 3.8) is 0 Å². The third-order valence-electron chi connectivity index (χ3n) is 1.88. The van der Waals surface area contributed by atoms with E-state index < -0.39 is 0 Å². The van der Waals surface area contributed by atoms with Gasteiger partial charge in [-0.1, -0.05) is 13.8 Å². The number of ketones is 1. The van der Waals surface area contributed by atoms with Crippen LogP contribution in [0.4, 0.5) is 0 Å². The molecule has 0 amide bonds. The van der Waals surface area contributed by atoms with Crippen molar-refractivity contribution in [1.82, 2.24) is 0 Å². The van der Waals surface area contributed by atoms with Crippen LogP contribution in [0.25, 0.3) is 0 Å². The van der Waals surface area contributed by atoms with E-state index in [1.54, 1.807) is 0 Å². The lowest BCUT2D eigenvalue weighted by Gasteiger charge is -2.27. The SMILES string of the molecule is C[C@@H]1C(=O)C[C@@H]1C. The van der Waals surface area contributed by atoms with Gasteiger partial charge < -0.3 is 0 Å². The van der Waals surface area contributed by atoms with Crippen molar-refractivity contribution in [2.45, 2.75) is 20.3 Å². The summed E-state index contributed by atoms with van der Waals surface area (Å²) >= 11 is 0. The van der Waals surface area contributed by atoms with Gasteiger partial charge in [0.15, 0.2) is 0 Å². The van der Waals surface area contributed by atoms with Crippen LogP contribution in [-0.4, -0.2) is 5.78 Å². The molecule has 0 aliphatic heterocycles. The molecule has 1 rings (SSSR count). The molecule has 1 fully saturated rings. The topological polar surface area (TPSA) is 17.1 Å². The summed E-state index contributed by atoms with van der Waals surface area (Å²) in [6, 6.07) is 0. The second-order valence-corrected chi connectivity index (χ2v) is 2.44. The third kappa shape index (κ3) is 0.561. The number of hydrogen-bond donors (Lipinski definition) is 0. The van der Waals surface area contributed by atoms with Gasteiger partial charge in [0, 0.05) is 12.3 Å². The van der Waals surface area contributed by atoms with Crippen molar-refractivity contribution < 1.29 is 4.79 Å². The van der Waals surface area contributed by atoms with Crippen LogP contribution in [0.3, 0.4) is 0 Å². The molecule has 1 nitrogen and oxygen atoms in total. The maximum Gasteiger partial charge on any atom is 0.136 e. The lowest BCUT2D eigenvalue weighted by atomic mass is 9.75. The van der Waals surface area contributed by atoms with Crippen LogP contribution in [0, 0.1) is 11.8 Å². The van der Waals surface area contributed by atoms with Gasteiger partial charge in [0.2, 0.25) is 0 Å². The number of carbonyl (C=O) groups is 1. The van der Waals surface area contributed by atoms with Crippen LogP contribution in [0.15, 0.2) is 0 Å². The Morgan fingerprint density at radius 2 is 2.14 bits per heavy atom. The lowest BCUT2D eigenvalue weighted by Crippen LogP contribution is -2.32. The van der Waals surface area contributed by atoms with Crippen LogP contribution < -0.4 is 0 Å². The van der Waals surface area contributed by atoms with Crippen molar-refractivity contribution in [1.29, 1.82) is 0 Å². The summed E-state index contributed by atoms with van der Waals surface area (Å²) in [6.07, 6.45) is 0.821. The summed E-state index contributed by atoms with van der Waals surface area (Å²) in [5.41, 5.74) is 0. The third-order valence-corrected chi connectivity index (χ3v) is 1.88. The Morgan fingerprint density at radius 1 is 1.57 bits per heavy atom. The summed E-state index contributed by atoms with van der Waals surface area (Å²) < 4.78 is 0. The van der Waals surface area contributed by atoms with Crippen LogP contribution in [0.2, 0.25) is 0 Å². The van der Waals surface area contributed by atoms with E-state index in [1.165, 1.54) is 0 Å². The molecule has 0 unspecified atom stereocenters. The Balaban J connectivity index is 2.43. The zero-order valence-electron chi connectivity index (χ0n) is 4.77. The van der Waals surface area contributed by atoms with Crippen molar-refractivity contribution in [2.24, 2.45) is 11.8 Å².